The largest absolute Gasteiger partial charge is 0.479 e. The van der Waals surface area contributed by atoms with E-state index >= 15 is 0 Å². The number of aryl methyl sites for hydroxylation is 3. The molecule has 1 aliphatic rings. The number of halogens is 2. The molecule has 3 aromatic rings. The molecule has 0 amide bonds. The van der Waals surface area contributed by atoms with Gasteiger partial charge in [0.05, 0.1) is 25.1 Å². The molecule has 4 rings (SSSR count). The second-order valence-electron chi connectivity index (χ2n) is 9.62. The highest BCUT2D eigenvalue weighted by molar-refractivity contribution is 7.84. The number of aliphatic hydroxyl groups is 1. The number of hydrogen-bond donors (Lipinski definition) is 1. The summed E-state index contributed by atoms with van der Waals surface area (Å²) in [5.74, 6) is -0.962. The van der Waals surface area contributed by atoms with E-state index in [4.69, 9.17) is 27.9 Å². The minimum Gasteiger partial charge on any atom is -0.479 e. The number of rotatable bonds is 11. The Morgan fingerprint density at radius 1 is 1.23 bits per heavy atom. The maximum absolute atomic E-state index is 12.7. The molecular formula is C27H32Cl2N4O6S. The van der Waals surface area contributed by atoms with Gasteiger partial charge in [-0.15, -0.1) is 16.7 Å². The summed E-state index contributed by atoms with van der Waals surface area (Å²) in [6, 6.07) is 9.64. The highest BCUT2D eigenvalue weighted by Gasteiger charge is 2.33. The van der Waals surface area contributed by atoms with Gasteiger partial charge in [0, 0.05) is 24.9 Å². The number of fused-ring (bicyclic) bond motifs is 1. The van der Waals surface area contributed by atoms with Crippen LogP contribution in [-0.4, -0.2) is 57.8 Å². The van der Waals surface area contributed by atoms with E-state index in [0.717, 1.165) is 50.4 Å². The van der Waals surface area contributed by atoms with Gasteiger partial charge in [-0.25, -0.2) is 4.68 Å². The van der Waals surface area contributed by atoms with E-state index in [2.05, 4.69) is 14.5 Å². The molecule has 1 N–H and O–H groups in total. The summed E-state index contributed by atoms with van der Waals surface area (Å²) in [5, 5.41) is 18.3. The first-order chi connectivity index (χ1) is 19.1. The molecule has 0 spiro atoms. The molecule has 1 atom stereocenters. The Labute approximate surface area is 243 Å². The van der Waals surface area contributed by atoms with E-state index in [1.54, 1.807) is 6.92 Å². The minimum absolute atomic E-state index is 0.0354. The van der Waals surface area contributed by atoms with Gasteiger partial charge in [0.2, 0.25) is 0 Å². The van der Waals surface area contributed by atoms with Gasteiger partial charge in [-0.05, 0) is 67.5 Å². The average Bonchev–Trinajstić information content (AvgIpc) is 3.31. The van der Waals surface area contributed by atoms with Crippen LogP contribution in [0.25, 0.3) is 11.0 Å². The fourth-order valence-electron chi connectivity index (χ4n) is 4.78. The lowest BCUT2D eigenvalue weighted by atomic mass is 9.84. The number of ether oxygens (including phenoxy) is 1. The molecule has 216 valence electrons. The maximum atomic E-state index is 12.7. The number of alkyl halides is 1. The molecule has 0 saturated heterocycles. The zero-order chi connectivity index (χ0) is 29.0. The number of benzene rings is 2. The number of aliphatic hydroxyl groups excluding tert-OH is 1. The van der Waals surface area contributed by atoms with Gasteiger partial charge < -0.3 is 14.0 Å². The van der Waals surface area contributed by atoms with Gasteiger partial charge in [-0.2, -0.15) is 12.7 Å². The summed E-state index contributed by atoms with van der Waals surface area (Å²) in [7, 11) is -4.23. The highest BCUT2D eigenvalue weighted by atomic mass is 35.5. The normalized spacial score (nSPS) is 16.2. The predicted octanol–water partition coefficient (Wildman–Crippen LogP) is 5.20. The molecule has 13 heteroatoms. The summed E-state index contributed by atoms with van der Waals surface area (Å²) in [6.45, 7) is 6.29. The van der Waals surface area contributed by atoms with Gasteiger partial charge in [0.25, 0.3) is 0 Å². The summed E-state index contributed by atoms with van der Waals surface area (Å²) >= 11 is 11.8. The van der Waals surface area contributed by atoms with Crippen molar-refractivity contribution in [3.8, 4) is 0 Å². The Hall–Kier alpha value is -2.86. The lowest BCUT2D eigenvalue weighted by molar-refractivity contribution is -0.143. The smallest absolute Gasteiger partial charge is 0.388 e. The van der Waals surface area contributed by atoms with Crippen LogP contribution in [0, 0.1) is 13.8 Å². The third-order valence-electron chi connectivity index (χ3n) is 6.96. The highest BCUT2D eigenvalue weighted by Crippen LogP contribution is 2.35. The maximum Gasteiger partial charge on any atom is 0.388 e. The van der Waals surface area contributed by atoms with Crippen molar-refractivity contribution in [2.75, 3.05) is 19.0 Å². The Bertz CT molecular complexity index is 1540. The first-order valence-electron chi connectivity index (χ1n) is 13.0. The Kier molecular flexibility index (Phi) is 9.60. The molecule has 10 nitrogen and oxygen atoms in total. The van der Waals surface area contributed by atoms with Crippen molar-refractivity contribution >= 4 is 50.5 Å². The number of hydrogen-bond acceptors (Lipinski definition) is 8. The van der Waals surface area contributed by atoms with Crippen molar-refractivity contribution in [3.63, 3.8) is 0 Å². The van der Waals surface area contributed by atoms with E-state index in [9.17, 15) is 18.3 Å². The Balaban J connectivity index is 1.73. The van der Waals surface area contributed by atoms with E-state index in [0.29, 0.717) is 18.0 Å². The first kappa shape index (κ1) is 30.1. The fourth-order valence-corrected chi connectivity index (χ4v) is 6.26. The molecular weight excluding hydrogens is 579 g/mol. The second-order valence-corrected chi connectivity index (χ2v) is 12.0. The molecule has 2 aromatic carbocycles. The standard InChI is InChI=1S/C27H32Cl2N4O6S/c1-4-38-25(34)14-22(21-9-10-24-26(18(21)3)30-31-33(24)12-6-5-11-28)19-8-7-17(2)20(13-19)15-32-16-23(29)27(35)39-40(32,36)37/h7-10,13,22,35H,4-6,11-12,14-16H2,1-3H3. The molecule has 40 heavy (non-hydrogen) atoms. The van der Waals surface area contributed by atoms with Crippen LogP contribution in [0.3, 0.4) is 0 Å². The predicted molar refractivity (Wildman–Crippen MR) is 152 cm³/mol. The molecule has 2 heterocycles. The van der Waals surface area contributed by atoms with Gasteiger partial charge in [0.1, 0.15) is 10.5 Å². The lowest BCUT2D eigenvalue weighted by Crippen LogP contribution is -2.37. The van der Waals surface area contributed by atoms with E-state index in [1.165, 1.54) is 0 Å². The molecule has 0 saturated carbocycles. The van der Waals surface area contributed by atoms with E-state index in [1.807, 2.05) is 48.9 Å². The minimum atomic E-state index is -4.23. The first-order valence-corrected chi connectivity index (χ1v) is 15.2. The van der Waals surface area contributed by atoms with Crippen molar-refractivity contribution < 1.29 is 27.2 Å². The van der Waals surface area contributed by atoms with Crippen LogP contribution < -0.4 is 0 Å². The number of unbranched alkanes of at least 4 members (excludes halogenated alkanes) is 1. The zero-order valence-corrected chi connectivity index (χ0v) is 24.9. The van der Waals surface area contributed by atoms with Crippen molar-refractivity contribution in [1.29, 1.82) is 0 Å². The SMILES string of the molecule is CCOC(=O)CC(c1ccc(C)c(CN2CC(Cl)=C(O)OS2(=O)=O)c1)c1ccc2c(nnn2CCCCCl)c1C. The van der Waals surface area contributed by atoms with Crippen LogP contribution in [-0.2, 0) is 37.1 Å². The number of esters is 1. The van der Waals surface area contributed by atoms with Crippen LogP contribution in [0.5, 0.6) is 0 Å². The van der Waals surface area contributed by atoms with Gasteiger partial charge in [-0.1, -0.05) is 41.1 Å². The number of aromatic nitrogens is 3. The van der Waals surface area contributed by atoms with Crippen molar-refractivity contribution in [3.05, 3.63) is 69.1 Å². The van der Waals surface area contributed by atoms with Crippen molar-refractivity contribution in [1.82, 2.24) is 19.3 Å². The third-order valence-corrected chi connectivity index (χ3v) is 8.76. The monoisotopic (exact) mass is 610 g/mol. The molecule has 0 fully saturated rings. The number of carbonyl (C=O) groups is 1. The van der Waals surface area contributed by atoms with Crippen molar-refractivity contribution in [2.45, 2.75) is 59.0 Å². The van der Waals surface area contributed by atoms with Crippen LogP contribution in [0.15, 0.2) is 41.3 Å². The Morgan fingerprint density at radius 2 is 2.00 bits per heavy atom. The van der Waals surface area contributed by atoms with Crippen molar-refractivity contribution in [2.24, 2.45) is 0 Å². The topological polar surface area (TPSA) is 124 Å². The Morgan fingerprint density at radius 3 is 2.73 bits per heavy atom. The second kappa shape index (κ2) is 12.8. The quantitative estimate of drug-likeness (QED) is 0.178. The lowest BCUT2D eigenvalue weighted by Gasteiger charge is -2.26. The van der Waals surface area contributed by atoms with Crippen LogP contribution in [0.1, 0.15) is 59.9 Å². The number of nitrogens with zero attached hydrogens (tertiary/aromatic N) is 4. The molecule has 0 aliphatic carbocycles. The van der Waals surface area contributed by atoms with E-state index < -0.39 is 16.2 Å². The summed E-state index contributed by atoms with van der Waals surface area (Å²) in [5.41, 5.74) is 5.81. The van der Waals surface area contributed by atoms with E-state index in [-0.39, 0.29) is 43.0 Å². The summed E-state index contributed by atoms with van der Waals surface area (Å²) < 4.78 is 37.9. The summed E-state index contributed by atoms with van der Waals surface area (Å²) in [4.78, 5) is 12.7. The average molecular weight is 612 g/mol. The van der Waals surface area contributed by atoms with Crippen LogP contribution >= 0.6 is 23.2 Å². The van der Waals surface area contributed by atoms with Gasteiger partial charge in [0.15, 0.2) is 0 Å². The molecule has 0 radical (unpaired) electrons. The van der Waals surface area contributed by atoms with Crippen LogP contribution in [0.4, 0.5) is 0 Å². The molecule has 1 aromatic heterocycles. The number of carbonyl (C=O) groups excluding carboxylic acids is 1. The van der Waals surface area contributed by atoms with Gasteiger partial charge >= 0.3 is 22.2 Å². The summed E-state index contributed by atoms with van der Waals surface area (Å²) in [6.07, 6.45) is 1.85. The van der Waals surface area contributed by atoms with Crippen LogP contribution in [0.2, 0.25) is 0 Å². The van der Waals surface area contributed by atoms with Gasteiger partial charge in [-0.3, -0.25) is 4.79 Å². The molecule has 1 unspecified atom stereocenters. The molecule has 0 bridgehead atoms. The zero-order valence-electron chi connectivity index (χ0n) is 22.6. The molecule has 1 aliphatic heterocycles. The third kappa shape index (κ3) is 6.54. The fraction of sp³-hybridized carbons (Fsp3) is 0.444.